The van der Waals surface area contributed by atoms with E-state index in [9.17, 15) is 0 Å². The Morgan fingerprint density at radius 2 is 2.00 bits per heavy atom. The van der Waals surface area contributed by atoms with Crippen molar-refractivity contribution in [2.45, 2.75) is 26.7 Å². The molecule has 0 amide bonds. The van der Waals surface area contributed by atoms with E-state index in [4.69, 9.17) is 5.73 Å². The molecule has 0 aliphatic heterocycles. The van der Waals surface area contributed by atoms with Gasteiger partial charge in [0, 0.05) is 24.7 Å². The predicted molar refractivity (Wildman–Crippen MR) is 67.2 cm³/mol. The fourth-order valence-corrected chi connectivity index (χ4v) is 1.53. The smallest absolute Gasteiger partial charge is 0.132 e. The van der Waals surface area contributed by atoms with Gasteiger partial charge < -0.3 is 10.6 Å². The second-order valence-corrected chi connectivity index (χ2v) is 4.85. The Bertz CT molecular complexity index is 334. The number of hydrogen-bond donors (Lipinski definition) is 1. The van der Waals surface area contributed by atoms with Gasteiger partial charge >= 0.3 is 0 Å². The van der Waals surface area contributed by atoms with Crippen molar-refractivity contribution in [2.24, 2.45) is 5.92 Å². The molecule has 4 nitrogen and oxygen atoms in total. The van der Waals surface area contributed by atoms with Crippen molar-refractivity contribution < 1.29 is 0 Å². The van der Waals surface area contributed by atoms with Crippen LogP contribution >= 0.6 is 0 Å². The molecule has 0 saturated heterocycles. The Morgan fingerprint density at radius 1 is 1.31 bits per heavy atom. The summed E-state index contributed by atoms with van der Waals surface area (Å²) in [4.78, 5) is 10.9. The van der Waals surface area contributed by atoms with Crippen LogP contribution in [0.5, 0.6) is 0 Å². The maximum absolute atomic E-state index is 5.78. The minimum Gasteiger partial charge on any atom is -0.384 e. The summed E-state index contributed by atoms with van der Waals surface area (Å²) >= 11 is 0. The van der Waals surface area contributed by atoms with E-state index in [0.717, 1.165) is 30.9 Å². The van der Waals surface area contributed by atoms with Gasteiger partial charge in [0.05, 0.1) is 0 Å². The fourth-order valence-electron chi connectivity index (χ4n) is 1.53. The monoisotopic (exact) mass is 222 g/mol. The zero-order chi connectivity index (χ0) is 12.1. The van der Waals surface area contributed by atoms with E-state index in [1.54, 1.807) is 0 Å². The topological polar surface area (TPSA) is 55.0 Å². The molecule has 0 spiro atoms. The van der Waals surface area contributed by atoms with Crippen molar-refractivity contribution in [2.75, 3.05) is 26.4 Å². The van der Waals surface area contributed by atoms with Crippen LogP contribution < -0.4 is 5.73 Å². The van der Waals surface area contributed by atoms with Crippen LogP contribution in [-0.2, 0) is 12.8 Å². The van der Waals surface area contributed by atoms with Crippen LogP contribution in [0.4, 0.5) is 5.82 Å². The lowest BCUT2D eigenvalue weighted by Crippen LogP contribution is -2.17. The lowest BCUT2D eigenvalue weighted by molar-refractivity contribution is 0.409. The van der Waals surface area contributed by atoms with Crippen LogP contribution in [0.1, 0.15) is 25.4 Å². The third kappa shape index (κ3) is 4.57. The van der Waals surface area contributed by atoms with E-state index in [1.165, 1.54) is 0 Å². The summed E-state index contributed by atoms with van der Waals surface area (Å²) in [5, 5.41) is 0. The van der Waals surface area contributed by atoms with Crippen LogP contribution in [-0.4, -0.2) is 35.5 Å². The number of nitrogens with two attached hydrogens (primary N) is 1. The zero-order valence-corrected chi connectivity index (χ0v) is 10.7. The van der Waals surface area contributed by atoms with Crippen LogP contribution in [0.15, 0.2) is 6.07 Å². The third-order valence-corrected chi connectivity index (χ3v) is 2.25. The molecule has 0 radical (unpaired) electrons. The quantitative estimate of drug-likeness (QED) is 0.817. The highest BCUT2D eigenvalue weighted by atomic mass is 15.1. The summed E-state index contributed by atoms with van der Waals surface area (Å²) < 4.78 is 0. The molecule has 0 saturated carbocycles. The molecular weight excluding hydrogens is 200 g/mol. The van der Waals surface area contributed by atoms with Gasteiger partial charge in [-0.2, -0.15) is 0 Å². The van der Waals surface area contributed by atoms with Gasteiger partial charge in [0.1, 0.15) is 11.6 Å². The minimum atomic E-state index is 0.583. The summed E-state index contributed by atoms with van der Waals surface area (Å²) in [5.74, 6) is 2.03. The van der Waals surface area contributed by atoms with Crippen LogP contribution in [0.25, 0.3) is 0 Å². The predicted octanol–water partition coefficient (Wildman–Crippen LogP) is 1.36. The maximum Gasteiger partial charge on any atom is 0.132 e. The van der Waals surface area contributed by atoms with Crippen molar-refractivity contribution in [3.8, 4) is 0 Å². The summed E-state index contributed by atoms with van der Waals surface area (Å²) in [6, 6.07) is 1.87. The Morgan fingerprint density at radius 3 is 2.56 bits per heavy atom. The van der Waals surface area contributed by atoms with Gasteiger partial charge in [0.15, 0.2) is 0 Å². The normalized spacial score (nSPS) is 11.4. The van der Waals surface area contributed by atoms with E-state index in [-0.39, 0.29) is 0 Å². The summed E-state index contributed by atoms with van der Waals surface area (Å²) in [7, 11) is 4.09. The highest BCUT2D eigenvalue weighted by molar-refractivity contribution is 5.30. The molecule has 0 fully saturated rings. The average molecular weight is 222 g/mol. The van der Waals surface area contributed by atoms with Gasteiger partial charge in [-0.1, -0.05) is 13.8 Å². The van der Waals surface area contributed by atoms with Crippen molar-refractivity contribution in [3.05, 3.63) is 17.6 Å². The molecule has 1 aromatic rings. The van der Waals surface area contributed by atoms with E-state index >= 15 is 0 Å². The molecule has 0 unspecified atom stereocenters. The Hall–Kier alpha value is -1.16. The number of nitrogen functional groups attached to an aromatic ring is 1. The highest BCUT2D eigenvalue weighted by Gasteiger charge is 2.05. The summed E-state index contributed by atoms with van der Waals surface area (Å²) in [6.45, 7) is 5.31. The molecular formula is C12H22N4. The first-order valence-electron chi connectivity index (χ1n) is 5.74. The molecule has 0 aliphatic rings. The molecule has 0 atom stereocenters. The number of hydrogen-bond acceptors (Lipinski definition) is 4. The van der Waals surface area contributed by atoms with Gasteiger partial charge in [-0.25, -0.2) is 9.97 Å². The number of nitrogens with zero attached hydrogens (tertiary/aromatic N) is 3. The molecule has 0 aromatic carbocycles. The van der Waals surface area contributed by atoms with Gasteiger partial charge in [0.25, 0.3) is 0 Å². The first kappa shape index (κ1) is 12.9. The SMILES string of the molecule is CC(C)Cc1cc(N)nc(CCN(C)C)n1. The highest BCUT2D eigenvalue weighted by Crippen LogP contribution is 2.09. The lowest BCUT2D eigenvalue weighted by Gasteiger charge is -2.10. The van der Waals surface area contributed by atoms with Crippen LogP contribution in [0.3, 0.4) is 0 Å². The van der Waals surface area contributed by atoms with Crippen LogP contribution in [0, 0.1) is 5.92 Å². The zero-order valence-electron chi connectivity index (χ0n) is 10.7. The van der Waals surface area contributed by atoms with Crippen molar-refractivity contribution >= 4 is 5.82 Å². The summed E-state index contributed by atoms with van der Waals surface area (Å²) in [5.41, 5.74) is 6.83. The standard InChI is InChI=1S/C12H22N4/c1-9(2)7-10-8-11(13)15-12(14-10)5-6-16(3)4/h8-9H,5-7H2,1-4H3,(H2,13,14,15). The average Bonchev–Trinajstić information content (AvgIpc) is 2.12. The van der Waals surface area contributed by atoms with E-state index in [1.807, 2.05) is 20.2 Å². The molecule has 90 valence electrons. The Kier molecular flexibility index (Phi) is 4.68. The van der Waals surface area contributed by atoms with Crippen molar-refractivity contribution in [3.63, 3.8) is 0 Å². The van der Waals surface area contributed by atoms with Gasteiger partial charge in [-0.3, -0.25) is 0 Å². The second kappa shape index (κ2) is 5.80. The molecule has 1 heterocycles. The minimum absolute atomic E-state index is 0.583. The van der Waals surface area contributed by atoms with Gasteiger partial charge in [0.2, 0.25) is 0 Å². The molecule has 0 aliphatic carbocycles. The van der Waals surface area contributed by atoms with Crippen molar-refractivity contribution in [1.29, 1.82) is 0 Å². The van der Waals surface area contributed by atoms with Crippen molar-refractivity contribution in [1.82, 2.24) is 14.9 Å². The van der Waals surface area contributed by atoms with Crippen LogP contribution in [0.2, 0.25) is 0 Å². The number of aromatic nitrogens is 2. The lowest BCUT2D eigenvalue weighted by atomic mass is 10.1. The van der Waals surface area contributed by atoms with E-state index in [0.29, 0.717) is 11.7 Å². The molecule has 16 heavy (non-hydrogen) atoms. The molecule has 0 bridgehead atoms. The first-order chi connectivity index (χ1) is 7.47. The molecule has 1 aromatic heterocycles. The summed E-state index contributed by atoms with van der Waals surface area (Å²) in [6.07, 6.45) is 1.81. The fraction of sp³-hybridized carbons (Fsp3) is 0.667. The largest absolute Gasteiger partial charge is 0.384 e. The Labute approximate surface area is 97.9 Å². The molecule has 1 rings (SSSR count). The molecule has 4 heteroatoms. The second-order valence-electron chi connectivity index (χ2n) is 4.85. The molecule has 2 N–H and O–H groups in total. The third-order valence-electron chi connectivity index (χ3n) is 2.25. The van der Waals surface area contributed by atoms with Gasteiger partial charge in [-0.15, -0.1) is 0 Å². The van der Waals surface area contributed by atoms with E-state index < -0.39 is 0 Å². The number of likely N-dealkylation sites (N-methyl/N-ethyl adjacent to an activating group) is 1. The maximum atomic E-state index is 5.78. The number of rotatable bonds is 5. The first-order valence-corrected chi connectivity index (χ1v) is 5.74. The number of anilines is 1. The van der Waals surface area contributed by atoms with E-state index in [2.05, 4.69) is 28.7 Å². The van der Waals surface area contributed by atoms with Gasteiger partial charge in [-0.05, 0) is 26.4 Å². The Balaban J connectivity index is 2.73.